The molecule has 1 fully saturated rings. The summed E-state index contributed by atoms with van der Waals surface area (Å²) < 4.78 is 7.92. The number of nitrogens with zero attached hydrogens (tertiary/aromatic N) is 3. The topological polar surface area (TPSA) is 79.9 Å². The Bertz CT molecular complexity index is 1220. The molecule has 1 aliphatic carbocycles. The molecular formula is C24H22ClN3O3. The number of benzene rings is 2. The van der Waals surface area contributed by atoms with E-state index in [0.717, 1.165) is 33.9 Å². The first-order valence-electron chi connectivity index (χ1n) is 10.2. The minimum Gasteiger partial charge on any atom is -0.489 e. The Morgan fingerprint density at radius 1 is 1.13 bits per heavy atom. The monoisotopic (exact) mass is 435 g/mol. The van der Waals surface area contributed by atoms with Gasteiger partial charge < -0.3 is 14.9 Å². The summed E-state index contributed by atoms with van der Waals surface area (Å²) in [6, 6.07) is 17.8. The summed E-state index contributed by atoms with van der Waals surface area (Å²) in [6.45, 7) is 0.229. The van der Waals surface area contributed by atoms with E-state index >= 15 is 0 Å². The normalized spacial score (nSPS) is 20.5. The van der Waals surface area contributed by atoms with Gasteiger partial charge in [-0.3, -0.25) is 4.40 Å². The highest BCUT2D eigenvalue weighted by molar-refractivity contribution is 6.33. The van der Waals surface area contributed by atoms with Gasteiger partial charge in [0.2, 0.25) is 0 Å². The van der Waals surface area contributed by atoms with Gasteiger partial charge in [-0.05, 0) is 30.5 Å². The first-order chi connectivity index (χ1) is 15.1. The number of hydrogen-bond acceptors (Lipinski definition) is 5. The van der Waals surface area contributed by atoms with Crippen LogP contribution in [0.1, 0.15) is 30.1 Å². The summed E-state index contributed by atoms with van der Waals surface area (Å²) in [7, 11) is 0. The van der Waals surface area contributed by atoms with Crippen LogP contribution in [0.4, 0.5) is 0 Å². The van der Waals surface area contributed by atoms with Gasteiger partial charge in [-0.1, -0.05) is 54.1 Å². The van der Waals surface area contributed by atoms with Crippen molar-refractivity contribution in [2.45, 2.75) is 31.0 Å². The highest BCUT2D eigenvalue weighted by Crippen LogP contribution is 2.45. The molecule has 0 unspecified atom stereocenters. The molecule has 5 rings (SSSR count). The second kappa shape index (κ2) is 7.96. The predicted octanol–water partition coefficient (Wildman–Crippen LogP) is 4.23. The van der Waals surface area contributed by atoms with Gasteiger partial charge in [-0.25, -0.2) is 9.97 Å². The van der Waals surface area contributed by atoms with Gasteiger partial charge in [0.05, 0.1) is 17.9 Å². The standard InChI is InChI=1S/C24H22ClN3O3/c25-22-21-20(17-7-4-8-19(11-17)31-14-16-5-2-1-3-6-16)27-23(28(21)10-9-26-22)18-12-24(30,13-18)15-29/h1-11,18,29-30H,12-15H2. The van der Waals surface area contributed by atoms with Gasteiger partial charge in [0.25, 0.3) is 0 Å². The van der Waals surface area contributed by atoms with E-state index in [1.165, 1.54) is 0 Å². The molecule has 0 saturated heterocycles. The van der Waals surface area contributed by atoms with Crippen molar-refractivity contribution in [3.05, 3.63) is 83.5 Å². The quantitative estimate of drug-likeness (QED) is 0.473. The molecule has 2 aromatic carbocycles. The van der Waals surface area contributed by atoms with Crippen molar-refractivity contribution in [1.82, 2.24) is 14.4 Å². The zero-order valence-corrected chi connectivity index (χ0v) is 17.5. The number of imidazole rings is 1. The Labute approximate surface area is 184 Å². The van der Waals surface area contributed by atoms with Gasteiger partial charge >= 0.3 is 0 Å². The third-order valence-corrected chi connectivity index (χ3v) is 6.08. The number of aliphatic hydroxyl groups excluding tert-OH is 1. The fourth-order valence-corrected chi connectivity index (χ4v) is 4.39. The van der Waals surface area contributed by atoms with Crippen molar-refractivity contribution < 1.29 is 14.9 Å². The SMILES string of the molecule is OCC1(O)CC(c2nc(-c3cccc(OCc4ccccc4)c3)c3c(Cl)nccn23)C1. The van der Waals surface area contributed by atoms with Crippen LogP contribution in [0.3, 0.4) is 0 Å². The lowest BCUT2D eigenvalue weighted by Gasteiger charge is -2.41. The van der Waals surface area contributed by atoms with E-state index in [1.807, 2.05) is 65.2 Å². The largest absolute Gasteiger partial charge is 0.489 e. The second-order valence-corrected chi connectivity index (χ2v) is 8.40. The van der Waals surface area contributed by atoms with Crippen LogP contribution in [-0.2, 0) is 6.61 Å². The first kappa shape index (κ1) is 20.0. The Morgan fingerprint density at radius 2 is 1.94 bits per heavy atom. The highest BCUT2D eigenvalue weighted by atomic mass is 35.5. The van der Waals surface area contributed by atoms with E-state index < -0.39 is 5.60 Å². The van der Waals surface area contributed by atoms with Crippen molar-refractivity contribution in [2.75, 3.05) is 6.61 Å². The molecule has 158 valence electrons. The fraction of sp³-hybridized carbons (Fsp3) is 0.250. The average molecular weight is 436 g/mol. The van der Waals surface area contributed by atoms with Gasteiger partial charge in [-0.15, -0.1) is 0 Å². The Morgan fingerprint density at radius 3 is 2.71 bits per heavy atom. The van der Waals surface area contributed by atoms with Crippen LogP contribution in [0, 0.1) is 0 Å². The van der Waals surface area contributed by atoms with Crippen LogP contribution in [-0.4, -0.2) is 36.8 Å². The minimum atomic E-state index is -1.03. The molecule has 2 heterocycles. The number of fused-ring (bicyclic) bond motifs is 1. The van der Waals surface area contributed by atoms with Crippen molar-refractivity contribution in [3.8, 4) is 17.0 Å². The molecule has 4 aromatic rings. The van der Waals surface area contributed by atoms with Gasteiger partial charge in [0.15, 0.2) is 5.15 Å². The van der Waals surface area contributed by atoms with E-state index in [4.69, 9.17) is 21.3 Å². The summed E-state index contributed by atoms with van der Waals surface area (Å²) in [5.41, 5.74) is 2.38. The molecule has 1 saturated carbocycles. The molecule has 7 heteroatoms. The summed E-state index contributed by atoms with van der Waals surface area (Å²) in [5, 5.41) is 20.0. The Kier molecular flexibility index (Phi) is 5.14. The first-order valence-corrected chi connectivity index (χ1v) is 10.6. The number of halogens is 1. The van der Waals surface area contributed by atoms with Gasteiger partial charge in [0, 0.05) is 23.9 Å². The van der Waals surface area contributed by atoms with E-state index in [0.29, 0.717) is 24.6 Å². The molecular weight excluding hydrogens is 414 g/mol. The Balaban J connectivity index is 1.49. The molecule has 6 nitrogen and oxygen atoms in total. The van der Waals surface area contributed by atoms with E-state index in [9.17, 15) is 10.2 Å². The van der Waals surface area contributed by atoms with Crippen molar-refractivity contribution in [1.29, 1.82) is 0 Å². The van der Waals surface area contributed by atoms with E-state index in [1.54, 1.807) is 6.20 Å². The molecule has 2 N–H and O–H groups in total. The summed E-state index contributed by atoms with van der Waals surface area (Å²) >= 11 is 6.46. The van der Waals surface area contributed by atoms with Crippen LogP contribution >= 0.6 is 11.6 Å². The van der Waals surface area contributed by atoms with Crippen LogP contribution in [0.2, 0.25) is 5.15 Å². The number of ether oxygens (including phenoxy) is 1. The maximum atomic E-state index is 10.2. The number of rotatable bonds is 6. The third kappa shape index (κ3) is 3.78. The summed E-state index contributed by atoms with van der Waals surface area (Å²) in [4.78, 5) is 9.13. The molecule has 1 aliphatic rings. The minimum absolute atomic E-state index is 0.0365. The maximum absolute atomic E-state index is 10.2. The van der Waals surface area contributed by atoms with Crippen LogP contribution in [0.15, 0.2) is 67.0 Å². The van der Waals surface area contributed by atoms with Crippen molar-refractivity contribution in [3.63, 3.8) is 0 Å². The number of aromatic nitrogens is 3. The van der Waals surface area contributed by atoms with Crippen LogP contribution in [0.25, 0.3) is 16.8 Å². The predicted molar refractivity (Wildman–Crippen MR) is 118 cm³/mol. The van der Waals surface area contributed by atoms with Gasteiger partial charge in [0.1, 0.15) is 23.7 Å². The molecule has 31 heavy (non-hydrogen) atoms. The number of hydrogen-bond donors (Lipinski definition) is 2. The highest BCUT2D eigenvalue weighted by Gasteiger charge is 2.45. The smallest absolute Gasteiger partial charge is 0.155 e. The zero-order chi connectivity index (χ0) is 21.4. The van der Waals surface area contributed by atoms with Crippen LogP contribution < -0.4 is 4.74 Å². The molecule has 0 bridgehead atoms. The molecule has 0 atom stereocenters. The molecule has 0 aliphatic heterocycles. The molecule has 0 amide bonds. The maximum Gasteiger partial charge on any atom is 0.155 e. The Hall–Kier alpha value is -2.93. The van der Waals surface area contributed by atoms with Crippen molar-refractivity contribution in [2.24, 2.45) is 0 Å². The molecule has 2 aromatic heterocycles. The summed E-state index contributed by atoms with van der Waals surface area (Å²) in [6.07, 6.45) is 4.39. The van der Waals surface area contributed by atoms with Crippen LogP contribution in [0.5, 0.6) is 5.75 Å². The van der Waals surface area contributed by atoms with Gasteiger partial charge in [-0.2, -0.15) is 0 Å². The number of aliphatic hydroxyl groups is 2. The second-order valence-electron chi connectivity index (χ2n) is 8.05. The molecule has 0 spiro atoms. The third-order valence-electron chi connectivity index (χ3n) is 5.81. The van der Waals surface area contributed by atoms with E-state index in [2.05, 4.69) is 4.98 Å². The lowest BCUT2D eigenvalue weighted by Crippen LogP contribution is -2.46. The molecule has 0 radical (unpaired) electrons. The fourth-order valence-electron chi connectivity index (χ4n) is 4.16. The van der Waals surface area contributed by atoms with E-state index in [-0.39, 0.29) is 12.5 Å². The summed E-state index contributed by atoms with van der Waals surface area (Å²) in [5.74, 6) is 1.58. The zero-order valence-electron chi connectivity index (χ0n) is 16.8. The lowest BCUT2D eigenvalue weighted by atomic mass is 9.71. The van der Waals surface area contributed by atoms with Crippen molar-refractivity contribution >= 4 is 17.1 Å². The average Bonchev–Trinajstić information content (AvgIpc) is 3.17. The lowest BCUT2D eigenvalue weighted by molar-refractivity contribution is -0.0882.